The normalized spacial score (nSPS) is 18.6. The summed E-state index contributed by atoms with van der Waals surface area (Å²) in [4.78, 5) is 40.2. The minimum Gasteiger partial charge on any atom is -0.444 e. The van der Waals surface area contributed by atoms with E-state index in [2.05, 4.69) is 25.2 Å². The van der Waals surface area contributed by atoms with Gasteiger partial charge in [0.1, 0.15) is 23.1 Å². The van der Waals surface area contributed by atoms with Crippen molar-refractivity contribution in [1.82, 2.24) is 19.9 Å². The van der Waals surface area contributed by atoms with E-state index in [-0.39, 0.29) is 41.2 Å². The van der Waals surface area contributed by atoms with Crippen molar-refractivity contribution >= 4 is 29.2 Å². The fourth-order valence-corrected chi connectivity index (χ4v) is 4.87. The topological polar surface area (TPSA) is 127 Å². The van der Waals surface area contributed by atoms with Gasteiger partial charge in [-0.3, -0.25) is 10.1 Å². The highest BCUT2D eigenvalue weighted by atomic mass is 19.4. The second kappa shape index (κ2) is 9.92. The lowest BCUT2D eigenvalue weighted by Gasteiger charge is -2.35. The summed E-state index contributed by atoms with van der Waals surface area (Å²) in [5.41, 5.74) is -1.05. The van der Waals surface area contributed by atoms with Crippen molar-refractivity contribution in [3.63, 3.8) is 0 Å². The molecule has 2 aliphatic rings. The number of nitrogens with one attached hydrogen (secondary N) is 1. The van der Waals surface area contributed by atoms with Crippen LogP contribution < -0.4 is 10.2 Å². The second-order valence-corrected chi connectivity index (χ2v) is 10.6. The van der Waals surface area contributed by atoms with Gasteiger partial charge in [0.2, 0.25) is 0 Å². The highest BCUT2D eigenvalue weighted by molar-refractivity contribution is 5.72. The zero-order chi connectivity index (χ0) is 28.8. The van der Waals surface area contributed by atoms with Gasteiger partial charge in [-0.05, 0) is 51.5 Å². The number of nitro groups is 1. The van der Waals surface area contributed by atoms with Crippen LogP contribution in [0.5, 0.6) is 0 Å². The van der Waals surface area contributed by atoms with Crippen LogP contribution in [0.2, 0.25) is 0 Å². The van der Waals surface area contributed by atoms with E-state index >= 15 is 0 Å². The van der Waals surface area contributed by atoms with Crippen LogP contribution in [0.4, 0.5) is 41.1 Å². The van der Waals surface area contributed by atoms with E-state index in [4.69, 9.17) is 4.74 Å². The molecule has 210 valence electrons. The fourth-order valence-electron chi connectivity index (χ4n) is 4.87. The van der Waals surface area contributed by atoms with Crippen LogP contribution in [0.1, 0.15) is 32.8 Å². The van der Waals surface area contributed by atoms with Crippen LogP contribution in [0, 0.1) is 10.1 Å². The number of hydrogen-bond acceptors (Lipinski definition) is 9. The van der Waals surface area contributed by atoms with Gasteiger partial charge in [0.25, 0.3) is 5.69 Å². The number of halogens is 3. The lowest BCUT2D eigenvalue weighted by Crippen LogP contribution is -2.50. The number of nitrogens with zero attached hydrogens (tertiary/aromatic N) is 6. The first-order valence-corrected chi connectivity index (χ1v) is 12.5. The number of alkyl halides is 3. The lowest BCUT2D eigenvalue weighted by molar-refractivity contribution is -0.384. The van der Waals surface area contributed by atoms with Gasteiger partial charge in [-0.1, -0.05) is 0 Å². The molecule has 3 aromatic rings. The molecule has 11 nitrogen and oxygen atoms in total. The molecule has 5 heterocycles. The number of pyridine rings is 3. The molecule has 0 aromatic carbocycles. The van der Waals surface area contributed by atoms with Crippen molar-refractivity contribution in [3.05, 3.63) is 64.5 Å². The van der Waals surface area contributed by atoms with Crippen molar-refractivity contribution in [2.45, 2.75) is 51.1 Å². The SMILES string of the molecule is CC(C)(C)OC(=O)N1C[C@@H]2C[C@H]1CN2c1cc(-c2cc([N+](=O)[O-])cc(Nc3cc(C(F)(F)F)ccn3)n2)ccn1. The molecule has 1 amide bonds. The molecule has 5 rings (SSSR count). The summed E-state index contributed by atoms with van der Waals surface area (Å²) in [5.74, 6) is 0.422. The summed E-state index contributed by atoms with van der Waals surface area (Å²) in [7, 11) is 0. The van der Waals surface area contributed by atoms with Crippen LogP contribution in [0.15, 0.2) is 48.8 Å². The third-order valence-electron chi connectivity index (χ3n) is 6.57. The molecule has 2 fully saturated rings. The average Bonchev–Trinajstić information content (AvgIpc) is 3.49. The van der Waals surface area contributed by atoms with E-state index in [9.17, 15) is 28.1 Å². The Kier molecular flexibility index (Phi) is 6.72. The van der Waals surface area contributed by atoms with Gasteiger partial charge in [0, 0.05) is 37.1 Å². The van der Waals surface area contributed by atoms with Gasteiger partial charge in [-0.2, -0.15) is 13.2 Å². The summed E-state index contributed by atoms with van der Waals surface area (Å²) >= 11 is 0. The number of rotatable bonds is 5. The van der Waals surface area contributed by atoms with Gasteiger partial charge >= 0.3 is 12.3 Å². The largest absolute Gasteiger partial charge is 0.444 e. The Morgan fingerprint density at radius 3 is 2.45 bits per heavy atom. The van der Waals surface area contributed by atoms with Crippen molar-refractivity contribution in [2.24, 2.45) is 0 Å². The van der Waals surface area contributed by atoms with Crippen LogP contribution in [0.25, 0.3) is 11.3 Å². The van der Waals surface area contributed by atoms with Gasteiger partial charge in [-0.25, -0.2) is 19.7 Å². The molecule has 2 saturated heterocycles. The van der Waals surface area contributed by atoms with E-state index < -0.39 is 22.3 Å². The molecule has 1 N–H and O–H groups in total. The molecule has 2 atom stereocenters. The Bertz CT molecular complexity index is 1460. The monoisotopic (exact) mass is 557 g/mol. The number of aromatic nitrogens is 3. The van der Waals surface area contributed by atoms with E-state index in [0.717, 1.165) is 30.8 Å². The number of ether oxygens (including phenoxy) is 1. The van der Waals surface area contributed by atoms with Crippen LogP contribution in [-0.2, 0) is 10.9 Å². The highest BCUT2D eigenvalue weighted by Crippen LogP contribution is 2.36. The maximum atomic E-state index is 13.1. The number of carbonyl (C=O) groups is 1. The predicted molar refractivity (Wildman–Crippen MR) is 139 cm³/mol. The van der Waals surface area contributed by atoms with Crippen molar-refractivity contribution in [2.75, 3.05) is 23.3 Å². The zero-order valence-electron chi connectivity index (χ0n) is 21.8. The number of fused-ring (bicyclic) bond motifs is 2. The summed E-state index contributed by atoms with van der Waals surface area (Å²) in [5, 5.41) is 14.3. The number of anilines is 3. The van der Waals surface area contributed by atoms with Crippen molar-refractivity contribution in [1.29, 1.82) is 0 Å². The summed E-state index contributed by atoms with van der Waals surface area (Å²) in [6.07, 6.45) is -1.61. The second-order valence-electron chi connectivity index (χ2n) is 10.6. The molecular weight excluding hydrogens is 531 g/mol. The summed E-state index contributed by atoms with van der Waals surface area (Å²) in [6.45, 7) is 6.50. The summed E-state index contributed by atoms with van der Waals surface area (Å²) in [6, 6.07) is 7.42. The Morgan fingerprint density at radius 1 is 1.05 bits per heavy atom. The van der Waals surface area contributed by atoms with Crippen molar-refractivity contribution < 1.29 is 27.6 Å². The Balaban J connectivity index is 1.38. The molecule has 3 aromatic heterocycles. The molecule has 0 spiro atoms. The first kappa shape index (κ1) is 27.1. The molecular formula is C26H26F3N7O4. The number of hydrogen-bond donors (Lipinski definition) is 1. The van der Waals surface area contributed by atoms with Gasteiger partial charge in [0.15, 0.2) is 0 Å². The quantitative estimate of drug-likeness (QED) is 0.324. The maximum absolute atomic E-state index is 13.1. The summed E-state index contributed by atoms with van der Waals surface area (Å²) < 4.78 is 44.9. The van der Waals surface area contributed by atoms with Gasteiger partial charge < -0.3 is 19.9 Å². The van der Waals surface area contributed by atoms with E-state index in [1.165, 1.54) is 6.07 Å². The van der Waals surface area contributed by atoms with E-state index in [1.54, 1.807) is 23.2 Å². The van der Waals surface area contributed by atoms with Gasteiger partial charge in [-0.15, -0.1) is 0 Å². The molecule has 2 bridgehead atoms. The smallest absolute Gasteiger partial charge is 0.416 e. The fraction of sp³-hybridized carbons (Fsp3) is 0.385. The number of amides is 1. The predicted octanol–water partition coefficient (Wildman–Crippen LogP) is 5.41. The van der Waals surface area contributed by atoms with Crippen LogP contribution in [-0.4, -0.2) is 61.6 Å². The molecule has 0 aliphatic carbocycles. The van der Waals surface area contributed by atoms with E-state index in [0.29, 0.717) is 24.5 Å². The number of piperazine rings is 1. The minimum atomic E-state index is -4.58. The highest BCUT2D eigenvalue weighted by Gasteiger charge is 2.47. The average molecular weight is 558 g/mol. The molecule has 0 saturated carbocycles. The molecule has 14 heteroatoms. The first-order chi connectivity index (χ1) is 18.8. The number of carbonyl (C=O) groups excluding carboxylic acids is 1. The zero-order valence-corrected chi connectivity index (χ0v) is 21.8. The lowest BCUT2D eigenvalue weighted by atomic mass is 10.1. The standard InChI is InChI=1S/C26H26F3N7O4/c1-25(2,3)40-24(37)35-14-18-10-19(35)13-34(18)23-8-15(4-6-31-23)20-11-17(36(38)39)12-22(32-20)33-21-9-16(5-7-30-21)26(27,28)29/h4-9,11-12,18-19H,10,13-14H2,1-3H3,(H,30,32,33)/t18-,19-/m0/s1. The first-order valence-electron chi connectivity index (χ1n) is 12.5. The minimum absolute atomic E-state index is 0.0301. The molecule has 0 unspecified atom stereocenters. The maximum Gasteiger partial charge on any atom is 0.416 e. The van der Waals surface area contributed by atoms with Crippen molar-refractivity contribution in [3.8, 4) is 11.3 Å². The number of likely N-dealkylation sites (tertiary alicyclic amines) is 1. The third kappa shape index (κ3) is 5.75. The Labute approximate surface area is 227 Å². The van der Waals surface area contributed by atoms with E-state index in [1.807, 2.05) is 20.8 Å². The molecule has 0 radical (unpaired) electrons. The Hall–Kier alpha value is -4.49. The van der Waals surface area contributed by atoms with Crippen LogP contribution in [0.3, 0.4) is 0 Å². The molecule has 40 heavy (non-hydrogen) atoms. The molecule has 2 aliphatic heterocycles. The van der Waals surface area contributed by atoms with Crippen LogP contribution >= 0.6 is 0 Å². The third-order valence-corrected chi connectivity index (χ3v) is 6.57. The van der Waals surface area contributed by atoms with Gasteiger partial charge in [0.05, 0.1) is 34.3 Å². The Morgan fingerprint density at radius 2 is 1.80 bits per heavy atom.